The third-order valence-electron chi connectivity index (χ3n) is 2.77. The maximum atomic E-state index is 9.12. The van der Waals surface area contributed by atoms with Gasteiger partial charge in [-0.3, -0.25) is 0 Å². The first-order chi connectivity index (χ1) is 5.29. The summed E-state index contributed by atoms with van der Waals surface area (Å²) in [5, 5.41) is 21.1. The van der Waals surface area contributed by atoms with E-state index in [2.05, 4.69) is 12.2 Å². The normalized spacial score (nSPS) is 36.8. The van der Waals surface area contributed by atoms with Gasteiger partial charge in [0.05, 0.1) is 6.61 Å². The van der Waals surface area contributed by atoms with Gasteiger partial charge in [0.25, 0.3) is 0 Å². The van der Waals surface area contributed by atoms with Gasteiger partial charge >= 0.3 is 0 Å². The maximum Gasteiger partial charge on any atom is 0.0515 e. The second-order valence-electron chi connectivity index (χ2n) is 3.34. The van der Waals surface area contributed by atoms with Crippen LogP contribution in [-0.4, -0.2) is 36.0 Å². The van der Waals surface area contributed by atoms with Crippen molar-refractivity contribution in [3.63, 3.8) is 0 Å². The first-order valence-corrected chi connectivity index (χ1v) is 4.24. The summed E-state index contributed by atoms with van der Waals surface area (Å²) in [5.41, 5.74) is -0.0243. The lowest BCUT2D eigenvalue weighted by Gasteiger charge is -2.49. The van der Waals surface area contributed by atoms with Crippen molar-refractivity contribution in [2.45, 2.75) is 25.8 Å². The quantitative estimate of drug-likeness (QED) is 0.529. The predicted molar refractivity (Wildman–Crippen MR) is 43.3 cm³/mol. The van der Waals surface area contributed by atoms with Gasteiger partial charge < -0.3 is 15.5 Å². The monoisotopic (exact) mass is 159 g/mol. The van der Waals surface area contributed by atoms with E-state index in [1.54, 1.807) is 0 Å². The van der Waals surface area contributed by atoms with Crippen LogP contribution in [0, 0.1) is 5.41 Å². The first-order valence-electron chi connectivity index (χ1n) is 4.24. The van der Waals surface area contributed by atoms with Crippen molar-refractivity contribution in [1.29, 1.82) is 0 Å². The van der Waals surface area contributed by atoms with Crippen LogP contribution in [0.15, 0.2) is 0 Å². The van der Waals surface area contributed by atoms with E-state index in [4.69, 9.17) is 10.2 Å². The SMILES string of the molecule is CCC1NCC1(CO)CCO. The van der Waals surface area contributed by atoms with Crippen LogP contribution in [0.2, 0.25) is 0 Å². The van der Waals surface area contributed by atoms with Gasteiger partial charge in [0.1, 0.15) is 0 Å². The molecular weight excluding hydrogens is 142 g/mol. The van der Waals surface area contributed by atoms with Crippen LogP contribution in [0.5, 0.6) is 0 Å². The van der Waals surface area contributed by atoms with Crippen LogP contribution >= 0.6 is 0 Å². The van der Waals surface area contributed by atoms with E-state index in [0.717, 1.165) is 19.4 Å². The third-order valence-corrected chi connectivity index (χ3v) is 2.77. The minimum Gasteiger partial charge on any atom is -0.396 e. The van der Waals surface area contributed by atoms with Crippen molar-refractivity contribution >= 4 is 0 Å². The Morgan fingerprint density at radius 3 is 2.55 bits per heavy atom. The number of aliphatic hydroxyl groups excluding tert-OH is 2. The van der Waals surface area contributed by atoms with Crippen LogP contribution < -0.4 is 5.32 Å². The van der Waals surface area contributed by atoms with Crippen molar-refractivity contribution in [3.8, 4) is 0 Å². The lowest BCUT2D eigenvalue weighted by Crippen LogP contribution is -2.64. The summed E-state index contributed by atoms with van der Waals surface area (Å²) in [6.45, 7) is 3.32. The van der Waals surface area contributed by atoms with Gasteiger partial charge in [-0.05, 0) is 12.8 Å². The van der Waals surface area contributed by atoms with E-state index in [1.165, 1.54) is 0 Å². The summed E-state index contributed by atoms with van der Waals surface area (Å²) >= 11 is 0. The smallest absolute Gasteiger partial charge is 0.0515 e. The summed E-state index contributed by atoms with van der Waals surface area (Å²) in [6.07, 6.45) is 1.75. The number of nitrogens with one attached hydrogen (secondary N) is 1. The molecule has 1 saturated heterocycles. The van der Waals surface area contributed by atoms with Gasteiger partial charge in [-0.25, -0.2) is 0 Å². The summed E-state index contributed by atoms with van der Waals surface area (Å²) < 4.78 is 0. The molecule has 0 aromatic carbocycles. The molecule has 2 unspecified atom stereocenters. The summed E-state index contributed by atoms with van der Waals surface area (Å²) in [4.78, 5) is 0. The minimum atomic E-state index is -0.0243. The molecule has 66 valence electrons. The Balaban J connectivity index is 2.46. The zero-order chi connectivity index (χ0) is 8.32. The molecule has 1 aliphatic rings. The van der Waals surface area contributed by atoms with Crippen molar-refractivity contribution in [2.75, 3.05) is 19.8 Å². The van der Waals surface area contributed by atoms with Crippen LogP contribution in [0.4, 0.5) is 0 Å². The van der Waals surface area contributed by atoms with Crippen molar-refractivity contribution in [1.82, 2.24) is 5.32 Å². The van der Waals surface area contributed by atoms with Gasteiger partial charge in [-0.2, -0.15) is 0 Å². The second kappa shape index (κ2) is 3.52. The largest absolute Gasteiger partial charge is 0.396 e. The van der Waals surface area contributed by atoms with Gasteiger partial charge in [0.15, 0.2) is 0 Å². The van der Waals surface area contributed by atoms with E-state index in [9.17, 15) is 0 Å². The van der Waals surface area contributed by atoms with E-state index in [1.807, 2.05) is 0 Å². The molecule has 1 aliphatic heterocycles. The molecule has 1 fully saturated rings. The highest BCUT2D eigenvalue weighted by molar-refractivity contribution is 5.00. The topological polar surface area (TPSA) is 52.5 Å². The van der Waals surface area contributed by atoms with Crippen LogP contribution in [0.1, 0.15) is 19.8 Å². The third kappa shape index (κ3) is 1.41. The molecule has 3 nitrogen and oxygen atoms in total. The highest BCUT2D eigenvalue weighted by Gasteiger charge is 2.44. The number of rotatable bonds is 4. The molecule has 1 rings (SSSR count). The molecular formula is C8H17NO2. The fraction of sp³-hybridized carbons (Fsp3) is 1.00. The van der Waals surface area contributed by atoms with E-state index < -0.39 is 0 Å². The zero-order valence-corrected chi connectivity index (χ0v) is 7.01. The highest BCUT2D eigenvalue weighted by Crippen LogP contribution is 2.34. The molecule has 0 aliphatic carbocycles. The Morgan fingerprint density at radius 1 is 1.55 bits per heavy atom. The molecule has 0 amide bonds. The summed E-state index contributed by atoms with van der Waals surface area (Å²) in [5.74, 6) is 0. The number of hydrogen-bond donors (Lipinski definition) is 3. The number of aliphatic hydroxyl groups is 2. The Morgan fingerprint density at radius 2 is 2.27 bits per heavy atom. The lowest BCUT2D eigenvalue weighted by atomic mass is 9.71. The molecule has 0 saturated carbocycles. The molecule has 3 N–H and O–H groups in total. The van der Waals surface area contributed by atoms with Crippen molar-refractivity contribution in [3.05, 3.63) is 0 Å². The molecule has 2 atom stereocenters. The van der Waals surface area contributed by atoms with Gasteiger partial charge in [0.2, 0.25) is 0 Å². The minimum absolute atomic E-state index is 0.0243. The molecule has 0 aromatic rings. The van der Waals surface area contributed by atoms with Crippen LogP contribution in [0.25, 0.3) is 0 Å². The predicted octanol–water partition coefficient (Wildman–Crippen LogP) is -0.271. The van der Waals surface area contributed by atoms with Crippen LogP contribution in [-0.2, 0) is 0 Å². The molecule has 11 heavy (non-hydrogen) atoms. The zero-order valence-electron chi connectivity index (χ0n) is 7.01. The average Bonchev–Trinajstić information content (AvgIpc) is 1.99. The standard InChI is InChI=1S/C8H17NO2/c1-2-7-8(6-11,3-4-10)5-9-7/h7,9-11H,2-6H2,1H3. The van der Waals surface area contributed by atoms with E-state index in [0.29, 0.717) is 6.04 Å². The maximum absolute atomic E-state index is 9.12. The van der Waals surface area contributed by atoms with E-state index in [-0.39, 0.29) is 18.6 Å². The fourth-order valence-electron chi connectivity index (χ4n) is 1.84. The molecule has 0 bridgehead atoms. The first kappa shape index (κ1) is 8.97. The Bertz CT molecular complexity index is 123. The molecule has 0 aromatic heterocycles. The molecule has 3 heteroatoms. The Hall–Kier alpha value is -0.120. The Labute approximate surface area is 67.4 Å². The Kier molecular flexibility index (Phi) is 2.87. The lowest BCUT2D eigenvalue weighted by molar-refractivity contribution is -0.00879. The van der Waals surface area contributed by atoms with Gasteiger partial charge in [-0.1, -0.05) is 6.92 Å². The van der Waals surface area contributed by atoms with Crippen molar-refractivity contribution in [2.24, 2.45) is 5.41 Å². The molecule has 0 radical (unpaired) electrons. The highest BCUT2D eigenvalue weighted by atomic mass is 16.3. The summed E-state index contributed by atoms with van der Waals surface area (Å²) in [6, 6.07) is 0.402. The average molecular weight is 159 g/mol. The number of hydrogen-bond acceptors (Lipinski definition) is 3. The molecule has 1 heterocycles. The van der Waals surface area contributed by atoms with Gasteiger partial charge in [0, 0.05) is 24.6 Å². The van der Waals surface area contributed by atoms with Crippen LogP contribution in [0.3, 0.4) is 0 Å². The fourth-order valence-corrected chi connectivity index (χ4v) is 1.84. The second-order valence-corrected chi connectivity index (χ2v) is 3.34. The van der Waals surface area contributed by atoms with E-state index >= 15 is 0 Å². The van der Waals surface area contributed by atoms with Gasteiger partial charge in [-0.15, -0.1) is 0 Å². The summed E-state index contributed by atoms with van der Waals surface area (Å²) in [7, 11) is 0. The molecule has 0 spiro atoms. The van der Waals surface area contributed by atoms with Crippen molar-refractivity contribution < 1.29 is 10.2 Å².